The number of nitrogens with zero attached hydrogens (tertiary/aromatic N) is 2. The average Bonchev–Trinajstić information content (AvgIpc) is 2.40. The molecule has 0 aliphatic carbocycles. The third-order valence-corrected chi connectivity index (χ3v) is 3.51. The molecule has 1 N–H and O–H groups in total. The van der Waals surface area contributed by atoms with Gasteiger partial charge in [-0.05, 0) is 37.5 Å². The third-order valence-electron chi connectivity index (χ3n) is 2.81. The zero-order valence-electron chi connectivity index (χ0n) is 11.8. The molecule has 0 atom stereocenters. The Morgan fingerprint density at radius 3 is 3.00 bits per heavy atom. The maximum atomic E-state index is 4.52. The van der Waals surface area contributed by atoms with Gasteiger partial charge in [0.25, 0.3) is 0 Å². The maximum absolute atomic E-state index is 4.52. The summed E-state index contributed by atoms with van der Waals surface area (Å²) in [6, 6.07) is 4.18. The van der Waals surface area contributed by atoms with Crippen molar-refractivity contribution >= 4 is 17.6 Å². The molecule has 0 spiro atoms. The predicted octanol–water partition coefficient (Wildman–Crippen LogP) is 2.77. The normalized spacial score (nSPS) is 10.6. The summed E-state index contributed by atoms with van der Waals surface area (Å²) in [5, 5.41) is 3.44. The fourth-order valence-electron chi connectivity index (χ4n) is 1.86. The van der Waals surface area contributed by atoms with Crippen LogP contribution >= 0.6 is 11.8 Å². The molecule has 0 aliphatic rings. The first-order valence-electron chi connectivity index (χ1n) is 6.64. The van der Waals surface area contributed by atoms with Crippen LogP contribution in [0.3, 0.4) is 0 Å². The second kappa shape index (κ2) is 9.22. The van der Waals surface area contributed by atoms with Crippen LogP contribution in [0.5, 0.6) is 0 Å². The predicted molar refractivity (Wildman–Crippen MR) is 82.5 cm³/mol. The molecule has 0 saturated carbocycles. The first-order valence-corrected chi connectivity index (χ1v) is 8.03. The first kappa shape index (κ1) is 15.3. The van der Waals surface area contributed by atoms with Crippen LogP contribution in [-0.4, -0.2) is 37.1 Å². The Hall–Kier alpha value is -0.740. The Morgan fingerprint density at radius 1 is 1.44 bits per heavy atom. The van der Waals surface area contributed by atoms with E-state index in [1.165, 1.54) is 24.2 Å². The summed E-state index contributed by atoms with van der Waals surface area (Å²) in [6.45, 7) is 5.22. The maximum Gasteiger partial charge on any atom is 0.132 e. The minimum Gasteiger partial charge on any atom is -0.359 e. The van der Waals surface area contributed by atoms with Gasteiger partial charge in [-0.15, -0.1) is 0 Å². The van der Waals surface area contributed by atoms with Gasteiger partial charge in [0.1, 0.15) is 5.82 Å². The second-order valence-electron chi connectivity index (χ2n) is 4.43. The van der Waals surface area contributed by atoms with Crippen molar-refractivity contribution in [2.75, 3.05) is 37.0 Å². The van der Waals surface area contributed by atoms with Gasteiger partial charge in [0, 0.05) is 31.9 Å². The fraction of sp³-hybridized carbons (Fsp3) is 0.643. The molecular weight excluding hydrogens is 242 g/mol. The van der Waals surface area contributed by atoms with Crippen LogP contribution in [0.4, 0.5) is 5.82 Å². The summed E-state index contributed by atoms with van der Waals surface area (Å²) in [7, 11) is 2.13. The summed E-state index contributed by atoms with van der Waals surface area (Å²) < 4.78 is 0. The molecular formula is C14H25N3S. The van der Waals surface area contributed by atoms with Crippen molar-refractivity contribution in [1.29, 1.82) is 0 Å². The van der Waals surface area contributed by atoms with Gasteiger partial charge in [-0.1, -0.05) is 13.0 Å². The first-order chi connectivity index (χ1) is 8.79. The summed E-state index contributed by atoms with van der Waals surface area (Å²) in [4.78, 5) is 6.78. The van der Waals surface area contributed by atoms with Crippen molar-refractivity contribution in [2.24, 2.45) is 0 Å². The minimum atomic E-state index is 0.907. The van der Waals surface area contributed by atoms with Crippen LogP contribution in [0.1, 0.15) is 25.3 Å². The Labute approximate surface area is 115 Å². The van der Waals surface area contributed by atoms with Gasteiger partial charge < -0.3 is 10.2 Å². The number of anilines is 1. The molecule has 0 amide bonds. The Balaban J connectivity index is 2.56. The lowest BCUT2D eigenvalue weighted by atomic mass is 10.2. The highest BCUT2D eigenvalue weighted by Gasteiger charge is 2.07. The minimum absolute atomic E-state index is 0.907. The van der Waals surface area contributed by atoms with Crippen molar-refractivity contribution in [3.05, 3.63) is 23.9 Å². The van der Waals surface area contributed by atoms with E-state index in [-0.39, 0.29) is 0 Å². The van der Waals surface area contributed by atoms with Crippen molar-refractivity contribution in [1.82, 2.24) is 10.3 Å². The molecule has 1 aromatic rings. The molecule has 3 nitrogen and oxygen atoms in total. The molecule has 1 aromatic heterocycles. The van der Waals surface area contributed by atoms with E-state index in [4.69, 9.17) is 0 Å². The molecule has 0 saturated heterocycles. The molecule has 0 fully saturated rings. The van der Waals surface area contributed by atoms with E-state index in [2.05, 4.69) is 41.5 Å². The lowest BCUT2D eigenvalue weighted by Gasteiger charge is -2.21. The topological polar surface area (TPSA) is 28.2 Å². The standard InChI is InChI=1S/C14H25N3S/c1-4-8-15-12-13-7-5-9-16-14(13)17(2)10-6-11-18-3/h5,7,9,15H,4,6,8,10-12H2,1-3H3. The van der Waals surface area contributed by atoms with Crippen molar-refractivity contribution in [3.8, 4) is 0 Å². The lowest BCUT2D eigenvalue weighted by Crippen LogP contribution is -2.23. The van der Waals surface area contributed by atoms with E-state index < -0.39 is 0 Å². The van der Waals surface area contributed by atoms with Gasteiger partial charge >= 0.3 is 0 Å². The number of nitrogens with one attached hydrogen (secondary N) is 1. The monoisotopic (exact) mass is 267 g/mol. The second-order valence-corrected chi connectivity index (χ2v) is 5.42. The SMILES string of the molecule is CCCNCc1cccnc1N(C)CCCSC. The molecule has 102 valence electrons. The quantitative estimate of drug-likeness (QED) is 0.696. The highest BCUT2D eigenvalue weighted by molar-refractivity contribution is 7.98. The molecule has 1 heterocycles. The van der Waals surface area contributed by atoms with E-state index in [0.29, 0.717) is 0 Å². The summed E-state index contributed by atoms with van der Waals surface area (Å²) in [6.07, 6.45) is 6.40. The number of thioether (sulfide) groups is 1. The van der Waals surface area contributed by atoms with Gasteiger partial charge in [-0.25, -0.2) is 4.98 Å². The van der Waals surface area contributed by atoms with Gasteiger partial charge in [0.05, 0.1) is 0 Å². The molecule has 0 unspecified atom stereocenters. The number of hydrogen-bond acceptors (Lipinski definition) is 4. The van der Waals surface area contributed by atoms with E-state index in [1.54, 1.807) is 0 Å². The summed E-state index contributed by atoms with van der Waals surface area (Å²) in [5.41, 5.74) is 1.29. The molecule has 0 aliphatic heterocycles. The van der Waals surface area contributed by atoms with Crippen LogP contribution in [0.25, 0.3) is 0 Å². The number of hydrogen-bond donors (Lipinski definition) is 1. The Bertz CT molecular complexity index is 331. The van der Waals surface area contributed by atoms with Crippen LogP contribution in [0.15, 0.2) is 18.3 Å². The van der Waals surface area contributed by atoms with Crippen LogP contribution in [-0.2, 0) is 6.54 Å². The molecule has 18 heavy (non-hydrogen) atoms. The van der Waals surface area contributed by atoms with Gasteiger partial charge in [-0.3, -0.25) is 0 Å². The number of aromatic nitrogens is 1. The molecule has 1 rings (SSSR count). The van der Waals surface area contributed by atoms with Gasteiger partial charge in [0.2, 0.25) is 0 Å². The van der Waals surface area contributed by atoms with Gasteiger partial charge in [-0.2, -0.15) is 11.8 Å². The van der Waals surface area contributed by atoms with Crippen LogP contribution in [0, 0.1) is 0 Å². The van der Waals surface area contributed by atoms with Crippen LogP contribution in [0.2, 0.25) is 0 Å². The third kappa shape index (κ3) is 5.27. The largest absolute Gasteiger partial charge is 0.359 e. The van der Waals surface area contributed by atoms with Gasteiger partial charge in [0.15, 0.2) is 0 Å². The molecule has 0 bridgehead atoms. The highest BCUT2D eigenvalue weighted by atomic mass is 32.2. The van der Waals surface area contributed by atoms with E-state index >= 15 is 0 Å². The van der Waals surface area contributed by atoms with E-state index in [9.17, 15) is 0 Å². The molecule has 4 heteroatoms. The zero-order valence-corrected chi connectivity index (χ0v) is 12.6. The van der Waals surface area contributed by atoms with Crippen molar-refractivity contribution < 1.29 is 0 Å². The highest BCUT2D eigenvalue weighted by Crippen LogP contribution is 2.16. The van der Waals surface area contributed by atoms with E-state index in [1.807, 2.05) is 24.0 Å². The number of pyridine rings is 1. The number of rotatable bonds is 9. The van der Waals surface area contributed by atoms with Crippen LogP contribution < -0.4 is 10.2 Å². The van der Waals surface area contributed by atoms with Crippen molar-refractivity contribution in [3.63, 3.8) is 0 Å². The lowest BCUT2D eigenvalue weighted by molar-refractivity contribution is 0.671. The van der Waals surface area contributed by atoms with E-state index in [0.717, 1.165) is 25.5 Å². The average molecular weight is 267 g/mol. The summed E-state index contributed by atoms with van der Waals surface area (Å²) >= 11 is 1.90. The molecule has 0 radical (unpaired) electrons. The molecule has 0 aromatic carbocycles. The Morgan fingerprint density at radius 2 is 2.28 bits per heavy atom. The summed E-state index contributed by atoms with van der Waals surface area (Å²) in [5.74, 6) is 2.32. The Kier molecular flexibility index (Phi) is 7.85. The zero-order chi connectivity index (χ0) is 13.2. The fourth-order valence-corrected chi connectivity index (χ4v) is 2.28. The van der Waals surface area contributed by atoms with Crippen molar-refractivity contribution in [2.45, 2.75) is 26.3 Å². The smallest absolute Gasteiger partial charge is 0.132 e.